The molecular weight excluding hydrogens is 298 g/mol. The smallest absolute Gasteiger partial charge is 0.387 e. The first-order valence-corrected chi connectivity index (χ1v) is 6.75. The lowest BCUT2D eigenvalue weighted by atomic mass is 10.1. The Balaban J connectivity index is 2.29. The van der Waals surface area contributed by atoms with E-state index in [1.165, 1.54) is 6.07 Å². The van der Waals surface area contributed by atoms with Crippen molar-refractivity contribution in [2.45, 2.75) is 25.9 Å². The average molecular weight is 316 g/mol. The number of alkyl halides is 2. The van der Waals surface area contributed by atoms with Gasteiger partial charge in [0.15, 0.2) is 0 Å². The standard InChI is InChI=1S/C14H18F2N2O4/c15-13(16)22-11-5-2-1-4-10(11)7-9-18-14(21)17-8-3-6-12(19)20/h1-2,4-5,13H,3,6-9H2,(H,19,20)(H2,17,18,21). The van der Waals surface area contributed by atoms with Crippen molar-refractivity contribution in [3.05, 3.63) is 29.8 Å². The fourth-order valence-electron chi connectivity index (χ4n) is 1.74. The number of ether oxygens (including phenoxy) is 1. The number of urea groups is 1. The van der Waals surface area contributed by atoms with Crippen molar-refractivity contribution in [1.29, 1.82) is 0 Å². The second-order valence-electron chi connectivity index (χ2n) is 4.42. The average Bonchev–Trinajstić information content (AvgIpc) is 2.45. The van der Waals surface area contributed by atoms with Gasteiger partial charge in [-0.25, -0.2) is 4.79 Å². The Bertz CT molecular complexity index is 497. The quantitative estimate of drug-likeness (QED) is 0.608. The van der Waals surface area contributed by atoms with Gasteiger partial charge in [-0.15, -0.1) is 0 Å². The third kappa shape index (κ3) is 7.41. The minimum absolute atomic E-state index is 0.0153. The van der Waals surface area contributed by atoms with Gasteiger partial charge < -0.3 is 20.5 Å². The van der Waals surface area contributed by atoms with Crippen LogP contribution in [0.5, 0.6) is 5.75 Å². The number of aliphatic carboxylic acids is 1. The van der Waals surface area contributed by atoms with Crippen LogP contribution in [0.1, 0.15) is 18.4 Å². The van der Waals surface area contributed by atoms with E-state index in [-0.39, 0.29) is 25.3 Å². The predicted molar refractivity (Wildman–Crippen MR) is 75.0 cm³/mol. The maximum Gasteiger partial charge on any atom is 0.387 e. The molecule has 122 valence electrons. The topological polar surface area (TPSA) is 87.7 Å². The lowest BCUT2D eigenvalue weighted by molar-refractivity contribution is -0.137. The Kier molecular flexibility index (Phi) is 7.66. The number of carboxylic acids is 1. The molecule has 6 nitrogen and oxygen atoms in total. The van der Waals surface area contributed by atoms with Crippen LogP contribution in [0.3, 0.4) is 0 Å². The lowest BCUT2D eigenvalue weighted by Gasteiger charge is -2.11. The zero-order chi connectivity index (χ0) is 16.4. The van der Waals surface area contributed by atoms with Gasteiger partial charge in [-0.3, -0.25) is 4.79 Å². The third-order valence-electron chi connectivity index (χ3n) is 2.72. The third-order valence-corrected chi connectivity index (χ3v) is 2.72. The molecule has 1 rings (SSSR count). The Hall–Kier alpha value is -2.38. The number of para-hydroxylation sites is 1. The molecule has 0 fully saturated rings. The summed E-state index contributed by atoms with van der Waals surface area (Å²) in [5, 5.41) is 13.5. The SMILES string of the molecule is O=C(O)CCCNC(=O)NCCc1ccccc1OC(F)F. The lowest BCUT2D eigenvalue weighted by Crippen LogP contribution is -2.37. The largest absolute Gasteiger partial charge is 0.481 e. The number of rotatable bonds is 9. The first-order valence-electron chi connectivity index (χ1n) is 6.75. The first kappa shape index (κ1) is 17.7. The van der Waals surface area contributed by atoms with Gasteiger partial charge in [-0.2, -0.15) is 8.78 Å². The van der Waals surface area contributed by atoms with Crippen LogP contribution in [0.4, 0.5) is 13.6 Å². The molecule has 0 saturated carbocycles. The van der Waals surface area contributed by atoms with Gasteiger partial charge >= 0.3 is 18.6 Å². The van der Waals surface area contributed by atoms with E-state index >= 15 is 0 Å². The van der Waals surface area contributed by atoms with Gasteiger partial charge in [0.1, 0.15) is 5.75 Å². The molecule has 2 amide bonds. The van der Waals surface area contributed by atoms with E-state index in [1.807, 2.05) is 0 Å². The number of halogens is 2. The zero-order valence-corrected chi connectivity index (χ0v) is 11.9. The molecule has 0 aliphatic rings. The molecule has 0 heterocycles. The van der Waals surface area contributed by atoms with Gasteiger partial charge in [0, 0.05) is 19.5 Å². The highest BCUT2D eigenvalue weighted by Gasteiger charge is 2.09. The van der Waals surface area contributed by atoms with Crippen LogP contribution < -0.4 is 15.4 Å². The Morgan fingerprint density at radius 1 is 1.18 bits per heavy atom. The van der Waals surface area contributed by atoms with E-state index in [1.54, 1.807) is 18.2 Å². The first-order chi connectivity index (χ1) is 10.5. The van der Waals surface area contributed by atoms with Gasteiger partial charge in [-0.1, -0.05) is 18.2 Å². The van der Waals surface area contributed by atoms with E-state index < -0.39 is 18.6 Å². The molecule has 1 aromatic rings. The maximum absolute atomic E-state index is 12.2. The van der Waals surface area contributed by atoms with Crippen LogP contribution in [0.15, 0.2) is 24.3 Å². The molecule has 0 aromatic heterocycles. The summed E-state index contributed by atoms with van der Waals surface area (Å²) in [6.07, 6.45) is 0.665. The Labute approximate surface area is 126 Å². The monoisotopic (exact) mass is 316 g/mol. The molecular formula is C14H18F2N2O4. The van der Waals surface area contributed by atoms with Crippen molar-refractivity contribution in [3.63, 3.8) is 0 Å². The molecule has 0 spiro atoms. The Morgan fingerprint density at radius 2 is 1.86 bits per heavy atom. The van der Waals surface area contributed by atoms with Crippen molar-refractivity contribution in [2.75, 3.05) is 13.1 Å². The molecule has 0 aliphatic carbocycles. The molecule has 0 atom stereocenters. The number of carboxylic acid groups (broad SMARTS) is 1. The molecule has 0 saturated heterocycles. The van der Waals surface area contributed by atoms with Gasteiger partial charge in [-0.05, 0) is 24.5 Å². The molecule has 8 heteroatoms. The predicted octanol–water partition coefficient (Wildman–Crippen LogP) is 1.99. The highest BCUT2D eigenvalue weighted by molar-refractivity contribution is 5.73. The van der Waals surface area contributed by atoms with Crippen molar-refractivity contribution < 1.29 is 28.2 Å². The molecule has 3 N–H and O–H groups in total. The zero-order valence-electron chi connectivity index (χ0n) is 11.9. The summed E-state index contributed by atoms with van der Waals surface area (Å²) in [5.41, 5.74) is 0.564. The highest BCUT2D eigenvalue weighted by Crippen LogP contribution is 2.20. The summed E-state index contributed by atoms with van der Waals surface area (Å²) < 4.78 is 28.9. The van der Waals surface area contributed by atoms with Gasteiger partial charge in [0.2, 0.25) is 0 Å². The summed E-state index contributed by atoms with van der Waals surface area (Å²) >= 11 is 0. The summed E-state index contributed by atoms with van der Waals surface area (Å²) in [7, 11) is 0. The van der Waals surface area contributed by atoms with Crippen LogP contribution >= 0.6 is 0 Å². The summed E-state index contributed by atoms with van der Waals surface area (Å²) in [5.74, 6) is -0.834. The van der Waals surface area contributed by atoms with Crippen molar-refractivity contribution >= 4 is 12.0 Å². The second kappa shape index (κ2) is 9.54. The highest BCUT2D eigenvalue weighted by atomic mass is 19.3. The number of nitrogens with one attached hydrogen (secondary N) is 2. The van der Waals surface area contributed by atoms with Crippen LogP contribution in [-0.4, -0.2) is 36.8 Å². The van der Waals surface area contributed by atoms with Crippen LogP contribution in [-0.2, 0) is 11.2 Å². The molecule has 0 radical (unpaired) electrons. The number of carbonyl (C=O) groups excluding carboxylic acids is 1. The summed E-state index contributed by atoms with van der Waals surface area (Å²) in [6, 6.07) is 5.93. The fourth-order valence-corrected chi connectivity index (χ4v) is 1.74. The molecule has 1 aromatic carbocycles. The second-order valence-corrected chi connectivity index (χ2v) is 4.42. The molecule has 0 aliphatic heterocycles. The normalized spacial score (nSPS) is 10.3. The van der Waals surface area contributed by atoms with Crippen LogP contribution in [0.2, 0.25) is 0 Å². The number of hydrogen-bond acceptors (Lipinski definition) is 3. The number of amides is 2. The fraction of sp³-hybridized carbons (Fsp3) is 0.429. The van der Waals surface area contributed by atoms with Crippen molar-refractivity contribution in [3.8, 4) is 5.75 Å². The van der Waals surface area contributed by atoms with E-state index in [0.29, 0.717) is 18.4 Å². The van der Waals surface area contributed by atoms with Gasteiger partial charge in [0.05, 0.1) is 0 Å². The maximum atomic E-state index is 12.2. The number of carbonyl (C=O) groups is 2. The molecule has 0 bridgehead atoms. The van der Waals surface area contributed by atoms with E-state index in [9.17, 15) is 18.4 Å². The number of hydrogen-bond donors (Lipinski definition) is 3. The number of benzene rings is 1. The van der Waals surface area contributed by atoms with E-state index in [4.69, 9.17) is 5.11 Å². The molecule has 22 heavy (non-hydrogen) atoms. The van der Waals surface area contributed by atoms with Gasteiger partial charge in [0.25, 0.3) is 0 Å². The minimum atomic E-state index is -2.90. The summed E-state index contributed by atoms with van der Waals surface area (Å²) in [4.78, 5) is 21.7. The van der Waals surface area contributed by atoms with Crippen LogP contribution in [0, 0.1) is 0 Å². The van der Waals surface area contributed by atoms with E-state index in [0.717, 1.165) is 0 Å². The Morgan fingerprint density at radius 3 is 2.55 bits per heavy atom. The van der Waals surface area contributed by atoms with Crippen molar-refractivity contribution in [2.24, 2.45) is 0 Å². The van der Waals surface area contributed by atoms with E-state index in [2.05, 4.69) is 15.4 Å². The summed E-state index contributed by atoms with van der Waals surface area (Å²) in [6.45, 7) is -2.40. The van der Waals surface area contributed by atoms with Crippen LogP contribution in [0.25, 0.3) is 0 Å². The van der Waals surface area contributed by atoms with Crippen molar-refractivity contribution in [1.82, 2.24) is 10.6 Å². The minimum Gasteiger partial charge on any atom is -0.481 e. The molecule has 0 unspecified atom stereocenters.